The molecule has 21 heavy (non-hydrogen) atoms. The molecule has 1 N–H and O–H groups in total. The van der Waals surface area contributed by atoms with Gasteiger partial charge in [0, 0.05) is 39.8 Å². The average Bonchev–Trinajstić information content (AvgIpc) is 2.99. The van der Waals surface area contributed by atoms with Crippen LogP contribution in [0, 0.1) is 0 Å². The van der Waals surface area contributed by atoms with E-state index in [-0.39, 0.29) is 0 Å². The highest BCUT2D eigenvalue weighted by atomic mass is 15.4. The van der Waals surface area contributed by atoms with Crippen LogP contribution in [0.2, 0.25) is 0 Å². The number of nitrogens with zero attached hydrogens (tertiary/aromatic N) is 6. The Balaban J connectivity index is 2.17. The maximum absolute atomic E-state index is 4.65. The summed E-state index contributed by atoms with van der Waals surface area (Å²) < 4.78 is 0. The first-order valence-corrected chi connectivity index (χ1v) is 7.71. The molecular weight excluding hydrogens is 266 g/mol. The van der Waals surface area contributed by atoms with Crippen molar-refractivity contribution in [2.45, 2.75) is 19.8 Å². The Morgan fingerprint density at radius 1 is 1.05 bits per heavy atom. The van der Waals surface area contributed by atoms with Crippen molar-refractivity contribution in [3.05, 3.63) is 0 Å². The van der Waals surface area contributed by atoms with Crippen molar-refractivity contribution in [3.8, 4) is 0 Å². The third-order valence-electron chi connectivity index (χ3n) is 3.56. The molecule has 1 fully saturated rings. The highest BCUT2D eigenvalue weighted by Crippen LogP contribution is 2.19. The summed E-state index contributed by atoms with van der Waals surface area (Å²) in [6.07, 6.45) is 2.43. The number of nitrogens with one attached hydrogen (secondary N) is 1. The van der Waals surface area contributed by atoms with E-state index in [1.54, 1.807) is 0 Å². The topological polar surface area (TPSA) is 60.4 Å². The maximum atomic E-state index is 4.65. The van der Waals surface area contributed by atoms with Crippen LogP contribution in [0.4, 0.5) is 17.8 Å². The van der Waals surface area contributed by atoms with Crippen LogP contribution in [0.1, 0.15) is 19.8 Å². The van der Waals surface area contributed by atoms with Gasteiger partial charge < -0.3 is 20.0 Å². The highest BCUT2D eigenvalue weighted by Gasteiger charge is 2.18. The standard InChI is InChI=1S/C14H27N7/c1-5-15-12-16-13(20(4)11-10-19(2)3)18-14(17-12)21-8-6-7-9-21/h5-11H2,1-4H3,(H,15,16,17,18). The Kier molecular flexibility index (Phi) is 5.55. The first-order valence-electron chi connectivity index (χ1n) is 7.71. The number of likely N-dealkylation sites (N-methyl/N-ethyl adjacent to an activating group) is 2. The molecule has 118 valence electrons. The van der Waals surface area contributed by atoms with Crippen LogP contribution in [-0.4, -0.2) is 73.7 Å². The smallest absolute Gasteiger partial charge is 0.231 e. The minimum absolute atomic E-state index is 0.668. The van der Waals surface area contributed by atoms with E-state index in [4.69, 9.17) is 0 Å². The van der Waals surface area contributed by atoms with Crippen LogP contribution in [-0.2, 0) is 0 Å². The molecule has 1 aromatic rings. The molecule has 0 radical (unpaired) electrons. The second-order valence-corrected chi connectivity index (χ2v) is 5.71. The molecule has 1 aromatic heterocycles. The summed E-state index contributed by atoms with van der Waals surface area (Å²) in [5.74, 6) is 2.20. The Morgan fingerprint density at radius 3 is 2.38 bits per heavy atom. The summed E-state index contributed by atoms with van der Waals surface area (Å²) in [6.45, 7) is 6.80. The first kappa shape index (κ1) is 15.8. The minimum atomic E-state index is 0.668. The fourth-order valence-corrected chi connectivity index (χ4v) is 2.27. The molecule has 0 saturated carbocycles. The summed E-state index contributed by atoms with van der Waals surface area (Å²) in [5, 5.41) is 3.21. The number of aromatic nitrogens is 3. The van der Waals surface area contributed by atoms with Gasteiger partial charge in [-0.3, -0.25) is 0 Å². The van der Waals surface area contributed by atoms with Gasteiger partial charge in [-0.05, 0) is 33.9 Å². The van der Waals surface area contributed by atoms with Gasteiger partial charge in [0.25, 0.3) is 0 Å². The summed E-state index contributed by atoms with van der Waals surface area (Å²) in [7, 11) is 6.17. The number of hydrogen-bond acceptors (Lipinski definition) is 7. The Bertz CT molecular complexity index is 443. The van der Waals surface area contributed by atoms with E-state index in [9.17, 15) is 0 Å². The molecule has 0 atom stereocenters. The van der Waals surface area contributed by atoms with Crippen molar-refractivity contribution in [2.24, 2.45) is 0 Å². The molecule has 7 nitrogen and oxygen atoms in total. The first-order chi connectivity index (χ1) is 10.1. The van der Waals surface area contributed by atoms with Crippen molar-refractivity contribution < 1.29 is 0 Å². The fourth-order valence-electron chi connectivity index (χ4n) is 2.27. The summed E-state index contributed by atoms with van der Waals surface area (Å²) >= 11 is 0. The maximum Gasteiger partial charge on any atom is 0.231 e. The van der Waals surface area contributed by atoms with Gasteiger partial charge in [-0.25, -0.2) is 0 Å². The fraction of sp³-hybridized carbons (Fsp3) is 0.786. The van der Waals surface area contributed by atoms with Crippen molar-refractivity contribution in [3.63, 3.8) is 0 Å². The summed E-state index contributed by atoms with van der Waals surface area (Å²) in [6, 6.07) is 0. The predicted molar refractivity (Wildman–Crippen MR) is 87.3 cm³/mol. The molecule has 0 spiro atoms. The second kappa shape index (κ2) is 7.40. The van der Waals surface area contributed by atoms with Crippen molar-refractivity contribution in [2.75, 3.05) is 69.0 Å². The quantitative estimate of drug-likeness (QED) is 0.801. The molecule has 1 aliphatic heterocycles. The van der Waals surface area contributed by atoms with Gasteiger partial charge in [0.05, 0.1) is 0 Å². The molecular formula is C14H27N7. The normalized spacial score (nSPS) is 14.8. The van der Waals surface area contributed by atoms with Gasteiger partial charge in [0.15, 0.2) is 0 Å². The number of anilines is 3. The van der Waals surface area contributed by atoms with Crippen LogP contribution in [0.3, 0.4) is 0 Å². The molecule has 2 rings (SSSR count). The Morgan fingerprint density at radius 2 is 1.76 bits per heavy atom. The van der Waals surface area contributed by atoms with Crippen molar-refractivity contribution in [1.82, 2.24) is 19.9 Å². The van der Waals surface area contributed by atoms with E-state index in [1.807, 2.05) is 7.05 Å². The largest absolute Gasteiger partial charge is 0.354 e. The zero-order valence-electron chi connectivity index (χ0n) is 13.6. The van der Waals surface area contributed by atoms with Crippen LogP contribution in [0.5, 0.6) is 0 Å². The van der Waals surface area contributed by atoms with Gasteiger partial charge in [0.2, 0.25) is 17.8 Å². The average molecular weight is 293 g/mol. The van der Waals surface area contributed by atoms with Crippen LogP contribution >= 0.6 is 0 Å². The monoisotopic (exact) mass is 293 g/mol. The van der Waals surface area contributed by atoms with E-state index in [0.717, 1.165) is 44.6 Å². The van der Waals surface area contributed by atoms with Crippen LogP contribution in [0.25, 0.3) is 0 Å². The van der Waals surface area contributed by atoms with Gasteiger partial charge in [-0.2, -0.15) is 15.0 Å². The molecule has 0 bridgehead atoms. The third kappa shape index (κ3) is 4.42. The lowest BCUT2D eigenvalue weighted by Gasteiger charge is -2.22. The molecule has 2 heterocycles. The minimum Gasteiger partial charge on any atom is -0.354 e. The Labute approximate surface area is 127 Å². The van der Waals surface area contributed by atoms with Crippen LogP contribution < -0.4 is 15.1 Å². The van der Waals surface area contributed by atoms with E-state index in [0.29, 0.717) is 5.95 Å². The third-order valence-corrected chi connectivity index (χ3v) is 3.56. The van der Waals surface area contributed by atoms with E-state index >= 15 is 0 Å². The lowest BCUT2D eigenvalue weighted by atomic mass is 10.4. The summed E-state index contributed by atoms with van der Waals surface area (Å²) in [4.78, 5) is 20.2. The summed E-state index contributed by atoms with van der Waals surface area (Å²) in [5.41, 5.74) is 0. The highest BCUT2D eigenvalue weighted by molar-refractivity contribution is 5.45. The molecule has 0 aromatic carbocycles. The lowest BCUT2D eigenvalue weighted by molar-refractivity contribution is 0.415. The van der Waals surface area contributed by atoms with Gasteiger partial charge >= 0.3 is 0 Å². The van der Waals surface area contributed by atoms with Gasteiger partial charge in [-0.15, -0.1) is 0 Å². The lowest BCUT2D eigenvalue weighted by Crippen LogP contribution is -2.31. The Hall–Kier alpha value is -1.63. The number of hydrogen-bond donors (Lipinski definition) is 1. The molecule has 0 amide bonds. The molecule has 1 aliphatic rings. The van der Waals surface area contributed by atoms with E-state index in [2.05, 4.69) is 56.0 Å². The molecule has 1 saturated heterocycles. The van der Waals surface area contributed by atoms with Gasteiger partial charge in [-0.1, -0.05) is 0 Å². The molecule has 0 aliphatic carbocycles. The van der Waals surface area contributed by atoms with Crippen LogP contribution in [0.15, 0.2) is 0 Å². The SMILES string of the molecule is CCNc1nc(N(C)CCN(C)C)nc(N2CCCC2)n1. The van der Waals surface area contributed by atoms with Crippen molar-refractivity contribution in [1.29, 1.82) is 0 Å². The van der Waals surface area contributed by atoms with E-state index < -0.39 is 0 Å². The van der Waals surface area contributed by atoms with Crippen molar-refractivity contribution >= 4 is 17.8 Å². The molecule has 0 unspecified atom stereocenters. The predicted octanol–water partition coefficient (Wildman–Crippen LogP) is 0.901. The van der Waals surface area contributed by atoms with Gasteiger partial charge in [0.1, 0.15) is 0 Å². The zero-order valence-corrected chi connectivity index (χ0v) is 13.6. The zero-order chi connectivity index (χ0) is 15.2. The number of rotatable bonds is 7. The van der Waals surface area contributed by atoms with E-state index in [1.165, 1.54) is 12.8 Å². The molecule has 7 heteroatoms. The second-order valence-electron chi connectivity index (χ2n) is 5.71.